The van der Waals surface area contributed by atoms with Crippen molar-refractivity contribution in [1.82, 2.24) is 15.5 Å². The van der Waals surface area contributed by atoms with Crippen molar-refractivity contribution >= 4 is 11.9 Å². The molecule has 0 saturated carbocycles. The Morgan fingerprint density at radius 2 is 1.85 bits per heavy atom. The Hall–Kier alpha value is -2.93. The Balaban J connectivity index is 1.81. The van der Waals surface area contributed by atoms with Crippen LogP contribution in [0, 0.1) is 5.82 Å². The van der Waals surface area contributed by atoms with Gasteiger partial charge in [0.05, 0.1) is 13.7 Å². The van der Waals surface area contributed by atoms with Crippen LogP contribution in [0.15, 0.2) is 48.5 Å². The first-order chi connectivity index (χ1) is 13.0. The number of nitrogens with one attached hydrogen (secondary N) is 2. The molecule has 0 atom stereocenters. The summed E-state index contributed by atoms with van der Waals surface area (Å²) in [7, 11) is 1.41. The Bertz CT molecular complexity index is 768. The van der Waals surface area contributed by atoms with Crippen molar-refractivity contribution in [3.05, 3.63) is 65.5 Å². The highest BCUT2D eigenvalue weighted by Gasteiger charge is 2.13. The number of nitrogens with zero attached hydrogens (tertiary/aromatic N) is 1. The van der Waals surface area contributed by atoms with Gasteiger partial charge in [-0.1, -0.05) is 43.3 Å². The van der Waals surface area contributed by atoms with Gasteiger partial charge in [-0.25, -0.2) is 9.18 Å². The number of benzene rings is 2. The number of methoxy groups -OCH3 is 1. The van der Waals surface area contributed by atoms with Crippen LogP contribution in [0.2, 0.25) is 0 Å². The first-order valence-corrected chi connectivity index (χ1v) is 8.68. The van der Waals surface area contributed by atoms with Gasteiger partial charge in [-0.3, -0.25) is 15.0 Å². The summed E-state index contributed by atoms with van der Waals surface area (Å²) in [6.07, 6.45) is 0. The Labute approximate surface area is 158 Å². The maximum Gasteiger partial charge on any atom is 0.321 e. The normalized spacial score (nSPS) is 10.5. The minimum atomic E-state index is -0.546. The number of likely N-dealkylation sites (N-methyl/N-ethyl adjacent to an activating group) is 1. The molecule has 2 N–H and O–H groups in total. The third-order valence-electron chi connectivity index (χ3n) is 3.99. The summed E-state index contributed by atoms with van der Waals surface area (Å²) in [6, 6.07) is 13.5. The molecule has 0 aliphatic heterocycles. The van der Waals surface area contributed by atoms with Gasteiger partial charge in [-0.15, -0.1) is 0 Å². The largest absolute Gasteiger partial charge is 0.494 e. The lowest BCUT2D eigenvalue weighted by Crippen LogP contribution is -2.44. The topological polar surface area (TPSA) is 70.7 Å². The molecule has 7 heteroatoms. The number of rotatable bonds is 8. The summed E-state index contributed by atoms with van der Waals surface area (Å²) in [5.41, 5.74) is 1.66. The van der Waals surface area contributed by atoms with Crippen LogP contribution in [-0.2, 0) is 17.9 Å². The SMILES string of the molecule is CCN(CC(=O)NC(=O)NCc1ccccc1)Cc1ccc(OC)c(F)c1. The summed E-state index contributed by atoms with van der Waals surface area (Å²) in [5, 5.41) is 4.94. The highest BCUT2D eigenvalue weighted by molar-refractivity contribution is 5.95. The lowest BCUT2D eigenvalue weighted by Gasteiger charge is -2.20. The second kappa shape index (κ2) is 10.3. The zero-order valence-electron chi connectivity index (χ0n) is 15.5. The van der Waals surface area contributed by atoms with E-state index >= 15 is 0 Å². The molecule has 0 aliphatic carbocycles. The van der Waals surface area contributed by atoms with Gasteiger partial charge in [0.1, 0.15) is 0 Å². The second-order valence-electron chi connectivity index (χ2n) is 5.99. The maximum absolute atomic E-state index is 13.8. The van der Waals surface area contributed by atoms with Crippen LogP contribution in [-0.4, -0.2) is 37.0 Å². The van der Waals surface area contributed by atoms with Crippen molar-refractivity contribution in [2.45, 2.75) is 20.0 Å². The molecule has 0 spiro atoms. The molecule has 0 radical (unpaired) electrons. The van der Waals surface area contributed by atoms with Crippen molar-refractivity contribution in [3.63, 3.8) is 0 Å². The first-order valence-electron chi connectivity index (χ1n) is 8.68. The third kappa shape index (κ3) is 6.71. The maximum atomic E-state index is 13.8. The molecule has 0 heterocycles. The number of halogens is 1. The quantitative estimate of drug-likeness (QED) is 0.746. The van der Waals surface area contributed by atoms with Crippen LogP contribution < -0.4 is 15.4 Å². The van der Waals surface area contributed by atoms with Gasteiger partial charge in [0.2, 0.25) is 5.91 Å². The van der Waals surface area contributed by atoms with Crippen LogP contribution in [0.3, 0.4) is 0 Å². The molecular formula is C20H24FN3O3. The van der Waals surface area contributed by atoms with Crippen molar-refractivity contribution in [1.29, 1.82) is 0 Å². The lowest BCUT2D eigenvalue weighted by atomic mass is 10.2. The summed E-state index contributed by atoms with van der Waals surface area (Å²) < 4.78 is 18.7. The molecule has 2 aromatic carbocycles. The Kier molecular flexibility index (Phi) is 7.76. The first kappa shape index (κ1) is 20.4. The predicted octanol–water partition coefficient (Wildman–Crippen LogP) is 2.68. The third-order valence-corrected chi connectivity index (χ3v) is 3.99. The molecule has 144 valence electrons. The van der Waals surface area contributed by atoms with E-state index in [1.54, 1.807) is 17.0 Å². The van der Waals surface area contributed by atoms with Crippen LogP contribution >= 0.6 is 0 Å². The molecule has 2 rings (SSSR count). The zero-order valence-corrected chi connectivity index (χ0v) is 15.5. The summed E-state index contributed by atoms with van der Waals surface area (Å²) >= 11 is 0. The fraction of sp³-hybridized carbons (Fsp3) is 0.300. The molecule has 2 aromatic rings. The van der Waals surface area contributed by atoms with Crippen molar-refractivity contribution in [3.8, 4) is 5.75 Å². The predicted molar refractivity (Wildman–Crippen MR) is 101 cm³/mol. The number of hydrogen-bond acceptors (Lipinski definition) is 4. The second-order valence-corrected chi connectivity index (χ2v) is 5.99. The van der Waals surface area contributed by atoms with E-state index in [0.717, 1.165) is 11.1 Å². The molecule has 0 fully saturated rings. The van der Waals surface area contributed by atoms with Crippen LogP contribution in [0.5, 0.6) is 5.75 Å². The molecule has 6 nitrogen and oxygen atoms in total. The van der Waals surface area contributed by atoms with Gasteiger partial charge in [0.25, 0.3) is 0 Å². The van der Waals surface area contributed by atoms with E-state index in [4.69, 9.17) is 4.74 Å². The highest BCUT2D eigenvalue weighted by atomic mass is 19.1. The Morgan fingerprint density at radius 1 is 1.11 bits per heavy atom. The van der Waals surface area contributed by atoms with E-state index < -0.39 is 17.8 Å². The van der Waals surface area contributed by atoms with Crippen molar-refractivity contribution < 1.29 is 18.7 Å². The number of imide groups is 1. The monoisotopic (exact) mass is 373 g/mol. The standard InChI is InChI=1S/C20H24FN3O3/c1-3-24(13-16-9-10-18(27-2)17(21)11-16)14-19(25)23-20(26)22-12-15-7-5-4-6-8-15/h4-11H,3,12-14H2,1-2H3,(H2,22,23,25,26). The number of urea groups is 1. The van der Waals surface area contributed by atoms with Gasteiger partial charge < -0.3 is 10.1 Å². The van der Waals surface area contributed by atoms with Gasteiger partial charge in [-0.2, -0.15) is 0 Å². The fourth-order valence-corrected chi connectivity index (χ4v) is 2.54. The van der Waals surface area contributed by atoms with E-state index in [1.165, 1.54) is 13.2 Å². The zero-order chi connectivity index (χ0) is 19.6. The van der Waals surface area contributed by atoms with Crippen LogP contribution in [0.25, 0.3) is 0 Å². The molecule has 0 aliphatic rings. The molecule has 0 aromatic heterocycles. The van der Waals surface area contributed by atoms with E-state index in [-0.39, 0.29) is 12.3 Å². The van der Waals surface area contributed by atoms with Crippen molar-refractivity contribution in [2.75, 3.05) is 20.2 Å². The fourth-order valence-electron chi connectivity index (χ4n) is 2.54. The minimum absolute atomic E-state index is 0.0307. The smallest absolute Gasteiger partial charge is 0.321 e. The van der Waals surface area contributed by atoms with Crippen LogP contribution in [0.1, 0.15) is 18.1 Å². The average Bonchev–Trinajstić information content (AvgIpc) is 2.66. The number of carbonyl (C=O) groups is 2. The molecule has 3 amide bonds. The number of carbonyl (C=O) groups excluding carboxylic acids is 2. The summed E-state index contributed by atoms with van der Waals surface area (Å²) in [6.45, 7) is 3.22. The average molecular weight is 373 g/mol. The molecule has 0 bridgehead atoms. The number of hydrogen-bond donors (Lipinski definition) is 2. The van der Waals surface area contributed by atoms with E-state index in [1.807, 2.05) is 37.3 Å². The minimum Gasteiger partial charge on any atom is -0.494 e. The molecule has 0 saturated heterocycles. The molecule has 27 heavy (non-hydrogen) atoms. The van der Waals surface area contributed by atoms with Crippen molar-refractivity contribution in [2.24, 2.45) is 0 Å². The molecular weight excluding hydrogens is 349 g/mol. The van der Waals surface area contributed by atoms with Gasteiger partial charge in [-0.05, 0) is 29.8 Å². The van der Waals surface area contributed by atoms with Crippen LogP contribution in [0.4, 0.5) is 9.18 Å². The summed E-state index contributed by atoms with van der Waals surface area (Å²) in [4.78, 5) is 25.7. The number of ether oxygens (including phenoxy) is 1. The summed E-state index contributed by atoms with van der Waals surface area (Å²) in [5.74, 6) is -0.693. The van der Waals surface area contributed by atoms with E-state index in [0.29, 0.717) is 19.6 Å². The lowest BCUT2D eigenvalue weighted by molar-refractivity contribution is -0.121. The van der Waals surface area contributed by atoms with E-state index in [9.17, 15) is 14.0 Å². The van der Waals surface area contributed by atoms with Gasteiger partial charge in [0, 0.05) is 13.1 Å². The van der Waals surface area contributed by atoms with E-state index in [2.05, 4.69) is 10.6 Å². The van der Waals surface area contributed by atoms with Gasteiger partial charge in [0.15, 0.2) is 11.6 Å². The Morgan fingerprint density at radius 3 is 2.48 bits per heavy atom. The molecule has 0 unspecified atom stereocenters. The number of amides is 3. The van der Waals surface area contributed by atoms with Gasteiger partial charge >= 0.3 is 6.03 Å². The highest BCUT2D eigenvalue weighted by Crippen LogP contribution is 2.18.